The summed E-state index contributed by atoms with van der Waals surface area (Å²) in [5.41, 5.74) is 6.83. The molecule has 0 aliphatic heterocycles. The quantitative estimate of drug-likeness (QED) is 0.719. The van der Waals surface area contributed by atoms with E-state index in [-0.39, 0.29) is 29.8 Å². The van der Waals surface area contributed by atoms with Gasteiger partial charge in [-0.25, -0.2) is 0 Å². The van der Waals surface area contributed by atoms with Crippen molar-refractivity contribution in [1.82, 2.24) is 5.32 Å². The minimum Gasteiger partial charge on any atom is -0.393 e. The van der Waals surface area contributed by atoms with Crippen LogP contribution in [0.2, 0.25) is 0 Å². The van der Waals surface area contributed by atoms with Gasteiger partial charge in [0, 0.05) is 6.54 Å². The first-order chi connectivity index (χ1) is 9.30. The maximum Gasteiger partial charge on any atom is 0.237 e. The minimum atomic E-state index is -0.542. The number of nitrogens with two attached hydrogens (primary N) is 1. The first-order valence-electron chi connectivity index (χ1n) is 7.05. The summed E-state index contributed by atoms with van der Waals surface area (Å²) in [5, 5.41) is 12.3. The van der Waals surface area contributed by atoms with Gasteiger partial charge in [0.25, 0.3) is 0 Å². The number of rotatable bonds is 7. The third kappa shape index (κ3) is 8.05. The highest BCUT2D eigenvalue weighted by molar-refractivity contribution is 5.85. The van der Waals surface area contributed by atoms with E-state index in [1.165, 1.54) is 0 Å². The Morgan fingerprint density at radius 3 is 2.43 bits per heavy atom. The zero-order chi connectivity index (χ0) is 15.2. The van der Waals surface area contributed by atoms with Gasteiger partial charge in [0.2, 0.25) is 5.91 Å². The monoisotopic (exact) mass is 314 g/mol. The molecule has 1 aromatic rings. The molecule has 120 valence electrons. The lowest BCUT2D eigenvalue weighted by atomic mass is 9.87. The van der Waals surface area contributed by atoms with Gasteiger partial charge < -0.3 is 16.2 Å². The Bertz CT molecular complexity index is 422. The smallest absolute Gasteiger partial charge is 0.237 e. The van der Waals surface area contributed by atoms with Crippen LogP contribution in [0.5, 0.6) is 0 Å². The molecule has 1 amide bonds. The number of nitrogens with one attached hydrogen (secondary N) is 1. The van der Waals surface area contributed by atoms with Gasteiger partial charge in [0.05, 0.1) is 12.1 Å². The van der Waals surface area contributed by atoms with Crippen LogP contribution in [0.1, 0.15) is 32.8 Å². The lowest BCUT2D eigenvalue weighted by Gasteiger charge is -2.27. The highest BCUT2D eigenvalue weighted by Gasteiger charge is 2.22. The fourth-order valence-electron chi connectivity index (χ4n) is 2.29. The van der Waals surface area contributed by atoms with Crippen molar-refractivity contribution < 1.29 is 9.90 Å². The first-order valence-corrected chi connectivity index (χ1v) is 7.05. The second-order valence-electron chi connectivity index (χ2n) is 6.23. The predicted molar refractivity (Wildman–Crippen MR) is 88.5 cm³/mol. The van der Waals surface area contributed by atoms with Crippen LogP contribution in [0.3, 0.4) is 0 Å². The van der Waals surface area contributed by atoms with Crippen molar-refractivity contribution in [2.24, 2.45) is 11.1 Å². The predicted octanol–water partition coefficient (Wildman–Crippen LogP) is 1.89. The van der Waals surface area contributed by atoms with Crippen LogP contribution in [-0.2, 0) is 11.2 Å². The van der Waals surface area contributed by atoms with Gasteiger partial charge in [-0.2, -0.15) is 0 Å². The third-order valence-electron chi connectivity index (χ3n) is 3.22. The SMILES string of the molecule is CC(O)CC(C)(C)CNC(=O)[C@@H](N)Cc1ccccc1.Cl. The van der Waals surface area contributed by atoms with Gasteiger partial charge >= 0.3 is 0 Å². The molecule has 1 rings (SSSR count). The van der Waals surface area contributed by atoms with Crippen LogP contribution >= 0.6 is 12.4 Å². The molecule has 0 fully saturated rings. The number of carbonyl (C=O) groups is 1. The molecule has 5 heteroatoms. The summed E-state index contributed by atoms with van der Waals surface area (Å²) in [6, 6.07) is 9.19. The van der Waals surface area contributed by atoms with Gasteiger partial charge in [-0.3, -0.25) is 4.79 Å². The van der Waals surface area contributed by atoms with E-state index in [1.807, 2.05) is 44.2 Å². The zero-order valence-electron chi connectivity index (χ0n) is 13.0. The number of benzene rings is 1. The van der Waals surface area contributed by atoms with Crippen LogP contribution in [-0.4, -0.2) is 29.7 Å². The summed E-state index contributed by atoms with van der Waals surface area (Å²) < 4.78 is 0. The lowest BCUT2D eigenvalue weighted by molar-refractivity contribution is -0.122. The molecular formula is C16H27ClN2O2. The van der Waals surface area contributed by atoms with Crippen LogP contribution in [0.15, 0.2) is 30.3 Å². The number of aliphatic hydroxyl groups is 1. The number of carbonyl (C=O) groups excluding carboxylic acids is 1. The zero-order valence-corrected chi connectivity index (χ0v) is 13.8. The maximum atomic E-state index is 12.0. The van der Waals surface area contributed by atoms with Crippen molar-refractivity contribution in [2.45, 2.75) is 45.8 Å². The van der Waals surface area contributed by atoms with Crippen LogP contribution in [0.25, 0.3) is 0 Å². The van der Waals surface area contributed by atoms with Crippen molar-refractivity contribution in [1.29, 1.82) is 0 Å². The molecule has 0 spiro atoms. The summed E-state index contributed by atoms with van der Waals surface area (Å²) in [7, 11) is 0. The van der Waals surface area contributed by atoms with Gasteiger partial charge in [0.1, 0.15) is 0 Å². The summed E-state index contributed by atoms with van der Waals surface area (Å²) in [4.78, 5) is 12.0. The molecule has 0 saturated carbocycles. The van der Waals surface area contributed by atoms with E-state index in [2.05, 4.69) is 5.32 Å². The highest BCUT2D eigenvalue weighted by atomic mass is 35.5. The summed E-state index contributed by atoms with van der Waals surface area (Å²) in [5.74, 6) is -0.146. The number of hydrogen-bond acceptors (Lipinski definition) is 3. The third-order valence-corrected chi connectivity index (χ3v) is 3.22. The van der Waals surface area contributed by atoms with E-state index >= 15 is 0 Å². The number of halogens is 1. The molecule has 0 bridgehead atoms. The number of amides is 1. The Morgan fingerprint density at radius 2 is 1.90 bits per heavy atom. The molecule has 0 heterocycles. The molecule has 0 saturated heterocycles. The van der Waals surface area contributed by atoms with Crippen molar-refractivity contribution in [3.63, 3.8) is 0 Å². The van der Waals surface area contributed by atoms with Gasteiger partial charge in [-0.05, 0) is 30.7 Å². The summed E-state index contributed by atoms with van der Waals surface area (Å²) in [6.07, 6.45) is 0.796. The summed E-state index contributed by atoms with van der Waals surface area (Å²) in [6.45, 7) is 6.30. The Morgan fingerprint density at radius 1 is 1.33 bits per heavy atom. The fraction of sp³-hybridized carbons (Fsp3) is 0.562. The van der Waals surface area contributed by atoms with E-state index in [0.717, 1.165) is 5.56 Å². The van der Waals surface area contributed by atoms with Crippen molar-refractivity contribution >= 4 is 18.3 Å². The first kappa shape index (κ1) is 19.9. The maximum absolute atomic E-state index is 12.0. The Labute approximate surface area is 133 Å². The van der Waals surface area contributed by atoms with Crippen molar-refractivity contribution in [2.75, 3.05) is 6.54 Å². The normalized spacial score (nSPS) is 14.0. The molecule has 4 nitrogen and oxygen atoms in total. The van der Waals surface area contributed by atoms with E-state index < -0.39 is 6.04 Å². The molecule has 2 atom stereocenters. The van der Waals surface area contributed by atoms with E-state index in [0.29, 0.717) is 19.4 Å². The number of aliphatic hydroxyl groups excluding tert-OH is 1. The Kier molecular flexibility index (Phi) is 8.55. The topological polar surface area (TPSA) is 75.3 Å². The van der Waals surface area contributed by atoms with Crippen molar-refractivity contribution in [3.05, 3.63) is 35.9 Å². The second-order valence-corrected chi connectivity index (χ2v) is 6.23. The van der Waals surface area contributed by atoms with Crippen LogP contribution in [0.4, 0.5) is 0 Å². The molecule has 1 unspecified atom stereocenters. The van der Waals surface area contributed by atoms with Crippen LogP contribution < -0.4 is 11.1 Å². The van der Waals surface area contributed by atoms with Gasteiger partial charge in [-0.1, -0.05) is 44.2 Å². The van der Waals surface area contributed by atoms with Crippen molar-refractivity contribution in [3.8, 4) is 0 Å². The molecule has 0 radical (unpaired) electrons. The second kappa shape index (κ2) is 9.03. The fourth-order valence-corrected chi connectivity index (χ4v) is 2.29. The lowest BCUT2D eigenvalue weighted by Crippen LogP contribution is -2.45. The Balaban J connectivity index is 0.00000400. The average molecular weight is 315 g/mol. The van der Waals surface area contributed by atoms with Gasteiger partial charge in [-0.15, -0.1) is 12.4 Å². The number of hydrogen-bond donors (Lipinski definition) is 3. The Hall–Kier alpha value is -1.10. The van der Waals surface area contributed by atoms with Crippen LogP contribution in [0, 0.1) is 5.41 Å². The molecule has 4 N–H and O–H groups in total. The molecule has 0 aliphatic carbocycles. The molecular weight excluding hydrogens is 288 g/mol. The minimum absolute atomic E-state index is 0. The molecule has 0 aromatic heterocycles. The van der Waals surface area contributed by atoms with Gasteiger partial charge in [0.15, 0.2) is 0 Å². The summed E-state index contributed by atoms with van der Waals surface area (Å²) >= 11 is 0. The average Bonchev–Trinajstić information content (AvgIpc) is 2.35. The van der Waals surface area contributed by atoms with E-state index in [4.69, 9.17) is 5.73 Å². The standard InChI is InChI=1S/C16H26N2O2.ClH/c1-12(19)10-16(2,3)11-18-15(20)14(17)9-13-7-5-4-6-8-13;/h4-8,12,14,19H,9-11,17H2,1-3H3,(H,18,20);1H/t12?,14-;/m0./s1. The largest absolute Gasteiger partial charge is 0.393 e. The molecule has 0 aliphatic rings. The van der Waals surface area contributed by atoms with E-state index in [9.17, 15) is 9.90 Å². The highest BCUT2D eigenvalue weighted by Crippen LogP contribution is 2.21. The molecule has 21 heavy (non-hydrogen) atoms. The molecule has 1 aromatic carbocycles. The van der Waals surface area contributed by atoms with E-state index in [1.54, 1.807) is 6.92 Å².